The zero-order valence-electron chi connectivity index (χ0n) is 19.7. The lowest BCUT2D eigenvalue weighted by molar-refractivity contribution is -0.137. The fourth-order valence-electron chi connectivity index (χ4n) is 4.18. The van der Waals surface area contributed by atoms with Crippen LogP contribution in [0.1, 0.15) is 32.8 Å². The highest BCUT2D eigenvalue weighted by Crippen LogP contribution is 2.49. The minimum atomic E-state index is -4.38. The van der Waals surface area contributed by atoms with E-state index in [2.05, 4.69) is 4.90 Å². The van der Waals surface area contributed by atoms with Crippen molar-refractivity contribution in [2.75, 3.05) is 44.2 Å². The molecular weight excluding hydrogens is 463 g/mol. The van der Waals surface area contributed by atoms with Gasteiger partial charge in [0.2, 0.25) is 0 Å². The molecule has 5 nitrogen and oxygen atoms in total. The average molecular weight is 494 g/mol. The van der Waals surface area contributed by atoms with Crippen LogP contribution in [0.4, 0.5) is 29.3 Å². The van der Waals surface area contributed by atoms with Crippen molar-refractivity contribution in [1.29, 1.82) is 0 Å². The Bertz CT molecular complexity index is 1030. The number of ether oxygens (including phenoxy) is 1. The monoisotopic (exact) mass is 493 g/mol. The number of amides is 1. The Morgan fingerprint density at radius 1 is 0.941 bits per heavy atom. The first-order chi connectivity index (χ1) is 16.0. The molecule has 4 rings (SSSR count). The maximum atomic E-state index is 13.4. The molecule has 34 heavy (non-hydrogen) atoms. The van der Waals surface area contributed by atoms with Crippen molar-refractivity contribution < 1.29 is 22.7 Å². The van der Waals surface area contributed by atoms with Gasteiger partial charge in [-0.05, 0) is 64.1 Å². The zero-order valence-corrected chi connectivity index (χ0v) is 20.5. The molecule has 0 atom stereocenters. The third-order valence-electron chi connectivity index (χ3n) is 5.83. The molecule has 0 aliphatic carbocycles. The second-order valence-electron chi connectivity index (χ2n) is 9.56. The van der Waals surface area contributed by atoms with E-state index in [9.17, 15) is 18.0 Å². The van der Waals surface area contributed by atoms with Crippen LogP contribution in [0.25, 0.3) is 0 Å². The number of carbonyl (C=O) groups is 1. The number of hydrogen-bond donors (Lipinski definition) is 0. The summed E-state index contributed by atoms with van der Waals surface area (Å²) in [6.45, 7) is 9.70. The minimum Gasteiger partial charge on any atom is -0.444 e. The van der Waals surface area contributed by atoms with Crippen molar-refractivity contribution >= 4 is 29.2 Å². The molecule has 0 N–H and O–H groups in total. The van der Waals surface area contributed by atoms with E-state index >= 15 is 0 Å². The lowest BCUT2D eigenvalue weighted by Crippen LogP contribution is -2.50. The summed E-state index contributed by atoms with van der Waals surface area (Å²) in [7, 11) is 0. The summed E-state index contributed by atoms with van der Waals surface area (Å²) in [5, 5.41) is 0. The van der Waals surface area contributed by atoms with Crippen molar-refractivity contribution in [1.82, 2.24) is 9.80 Å². The lowest BCUT2D eigenvalue weighted by Gasteiger charge is -2.37. The molecule has 2 aliphatic rings. The Morgan fingerprint density at radius 3 is 2.29 bits per heavy atom. The number of rotatable bonds is 4. The molecule has 184 valence electrons. The fraction of sp³-hybridized carbons (Fsp3) is 0.480. The predicted octanol–water partition coefficient (Wildman–Crippen LogP) is 6.25. The molecule has 9 heteroatoms. The van der Waals surface area contributed by atoms with E-state index in [0.29, 0.717) is 25.3 Å². The number of fused-ring (bicyclic) bond motifs is 2. The Hall–Kier alpha value is -2.39. The number of para-hydroxylation sites is 1. The maximum absolute atomic E-state index is 13.4. The van der Waals surface area contributed by atoms with Crippen LogP contribution in [0.2, 0.25) is 0 Å². The van der Waals surface area contributed by atoms with Crippen molar-refractivity contribution in [3.8, 4) is 0 Å². The van der Waals surface area contributed by atoms with E-state index in [0.717, 1.165) is 47.6 Å². The standard InChI is InChI=1S/C25H30F3N3O2S/c1-24(2,3)33-23(32)30-15-13-29(14-16-30)11-6-12-31-19-7-4-5-8-21(19)34-22-10-9-18(17-20(22)31)25(26,27)28/h4-5,7-10,17H,6,11-16H2,1-3H3. The first kappa shape index (κ1) is 24.7. The zero-order chi connectivity index (χ0) is 24.5. The second kappa shape index (κ2) is 9.70. The molecule has 0 spiro atoms. The van der Waals surface area contributed by atoms with Gasteiger partial charge < -0.3 is 14.5 Å². The van der Waals surface area contributed by atoms with E-state index in [1.165, 1.54) is 17.8 Å². The fourth-order valence-corrected chi connectivity index (χ4v) is 5.26. The van der Waals surface area contributed by atoms with Crippen molar-refractivity contribution in [3.63, 3.8) is 0 Å². The number of carbonyl (C=O) groups excluding carboxylic acids is 1. The van der Waals surface area contributed by atoms with E-state index in [1.54, 1.807) is 11.0 Å². The number of alkyl halides is 3. The predicted molar refractivity (Wildman–Crippen MR) is 128 cm³/mol. The summed E-state index contributed by atoms with van der Waals surface area (Å²) >= 11 is 1.51. The molecule has 2 heterocycles. The number of anilines is 2. The van der Waals surface area contributed by atoms with Crippen LogP contribution in [-0.4, -0.2) is 60.8 Å². The molecule has 2 aromatic carbocycles. The van der Waals surface area contributed by atoms with Crippen LogP contribution in [-0.2, 0) is 10.9 Å². The summed E-state index contributed by atoms with van der Waals surface area (Å²) < 4.78 is 45.6. The number of benzene rings is 2. The molecule has 1 fully saturated rings. The maximum Gasteiger partial charge on any atom is 0.416 e. The number of halogens is 3. The van der Waals surface area contributed by atoms with Crippen LogP contribution in [0.15, 0.2) is 52.3 Å². The summed E-state index contributed by atoms with van der Waals surface area (Å²) in [5.41, 5.74) is 0.399. The van der Waals surface area contributed by atoms with Crippen molar-refractivity contribution in [2.24, 2.45) is 0 Å². The van der Waals surface area contributed by atoms with Gasteiger partial charge in [0.05, 0.1) is 16.9 Å². The normalized spacial score (nSPS) is 16.8. The van der Waals surface area contributed by atoms with Gasteiger partial charge in [-0.25, -0.2) is 4.79 Å². The van der Waals surface area contributed by atoms with E-state index in [1.807, 2.05) is 49.9 Å². The summed E-state index contributed by atoms with van der Waals surface area (Å²) in [4.78, 5) is 20.2. The first-order valence-electron chi connectivity index (χ1n) is 11.5. The van der Waals surface area contributed by atoms with Gasteiger partial charge >= 0.3 is 12.3 Å². The SMILES string of the molecule is CC(C)(C)OC(=O)N1CCN(CCCN2c3ccccc3Sc3ccc(C(F)(F)F)cc32)CC1. The first-order valence-corrected chi connectivity index (χ1v) is 12.3. The van der Waals surface area contributed by atoms with Gasteiger partial charge in [0, 0.05) is 42.5 Å². The molecule has 0 aromatic heterocycles. The van der Waals surface area contributed by atoms with Gasteiger partial charge in [-0.15, -0.1) is 0 Å². The summed E-state index contributed by atoms with van der Waals surface area (Å²) in [6, 6.07) is 11.8. The topological polar surface area (TPSA) is 36.0 Å². The largest absolute Gasteiger partial charge is 0.444 e. The highest BCUT2D eigenvalue weighted by Gasteiger charge is 2.33. The van der Waals surface area contributed by atoms with Crippen molar-refractivity contribution in [3.05, 3.63) is 48.0 Å². The van der Waals surface area contributed by atoms with Crippen LogP contribution in [0.5, 0.6) is 0 Å². The van der Waals surface area contributed by atoms with Gasteiger partial charge in [-0.2, -0.15) is 13.2 Å². The van der Waals surface area contributed by atoms with Crippen LogP contribution < -0.4 is 4.90 Å². The van der Waals surface area contributed by atoms with Crippen LogP contribution in [0.3, 0.4) is 0 Å². The van der Waals surface area contributed by atoms with Gasteiger partial charge in [-0.1, -0.05) is 23.9 Å². The van der Waals surface area contributed by atoms with Gasteiger partial charge in [-0.3, -0.25) is 4.90 Å². The quantitative estimate of drug-likeness (QED) is 0.503. The Kier molecular flexibility index (Phi) is 7.05. The van der Waals surface area contributed by atoms with Crippen LogP contribution in [0, 0.1) is 0 Å². The summed E-state index contributed by atoms with van der Waals surface area (Å²) in [6.07, 6.45) is -3.87. The molecule has 0 bridgehead atoms. The molecule has 2 aliphatic heterocycles. The smallest absolute Gasteiger partial charge is 0.416 e. The second-order valence-corrected chi connectivity index (χ2v) is 10.6. The lowest BCUT2D eigenvalue weighted by atomic mass is 10.1. The van der Waals surface area contributed by atoms with Gasteiger partial charge in [0.25, 0.3) is 0 Å². The molecule has 0 saturated carbocycles. The molecule has 1 saturated heterocycles. The molecule has 0 unspecified atom stereocenters. The molecule has 0 radical (unpaired) electrons. The summed E-state index contributed by atoms with van der Waals surface area (Å²) in [5.74, 6) is 0. The molecule has 1 amide bonds. The van der Waals surface area contributed by atoms with Crippen molar-refractivity contribution in [2.45, 2.75) is 48.8 Å². The highest BCUT2D eigenvalue weighted by molar-refractivity contribution is 7.99. The van der Waals surface area contributed by atoms with E-state index < -0.39 is 17.3 Å². The third-order valence-corrected chi connectivity index (χ3v) is 6.96. The average Bonchev–Trinajstić information content (AvgIpc) is 2.77. The highest BCUT2D eigenvalue weighted by atomic mass is 32.2. The molecular formula is C25H30F3N3O2S. The van der Waals surface area contributed by atoms with Gasteiger partial charge in [0.15, 0.2) is 0 Å². The molecule has 2 aromatic rings. The Morgan fingerprint density at radius 2 is 1.62 bits per heavy atom. The van der Waals surface area contributed by atoms with Gasteiger partial charge in [0.1, 0.15) is 5.60 Å². The van der Waals surface area contributed by atoms with Crippen LogP contribution >= 0.6 is 11.8 Å². The van der Waals surface area contributed by atoms with E-state index in [-0.39, 0.29) is 6.09 Å². The Labute approximate surface area is 202 Å². The Balaban J connectivity index is 1.39. The number of nitrogens with zero attached hydrogens (tertiary/aromatic N) is 3. The third kappa shape index (κ3) is 5.81. The number of hydrogen-bond acceptors (Lipinski definition) is 5. The minimum absolute atomic E-state index is 0.286. The number of piperazine rings is 1. The van der Waals surface area contributed by atoms with E-state index in [4.69, 9.17) is 4.74 Å².